The zero-order chi connectivity index (χ0) is 20.8. The van der Waals surface area contributed by atoms with Gasteiger partial charge in [-0.25, -0.2) is 0 Å². The number of carbonyl (C=O) groups is 2. The molecule has 1 aliphatic rings. The monoisotopic (exact) mass is 398 g/mol. The van der Waals surface area contributed by atoms with Gasteiger partial charge in [0.1, 0.15) is 0 Å². The first-order valence-corrected chi connectivity index (χ1v) is 10.5. The van der Waals surface area contributed by atoms with Crippen molar-refractivity contribution in [1.29, 1.82) is 0 Å². The molecule has 1 aliphatic heterocycles. The molecule has 1 N–H and O–H groups in total. The lowest BCUT2D eigenvalue weighted by atomic mass is 9.90. The standard InChI is InChI=1S/C26H26N2O2/c29-25(27-18-20-8-3-1-4-9-20)22-13-15-23(16-14-22)26(30)28-17-7-12-24(19-28)21-10-5-2-6-11-21/h1-6,8-11,13-16,24H,7,12,17-19H2,(H,27,29). The molecule has 152 valence electrons. The van der Waals surface area contributed by atoms with Crippen molar-refractivity contribution in [3.8, 4) is 0 Å². The van der Waals surface area contributed by atoms with E-state index in [0.29, 0.717) is 23.6 Å². The highest BCUT2D eigenvalue weighted by Gasteiger charge is 2.25. The summed E-state index contributed by atoms with van der Waals surface area (Å²) < 4.78 is 0. The minimum atomic E-state index is -0.139. The average molecular weight is 399 g/mol. The van der Waals surface area contributed by atoms with E-state index in [9.17, 15) is 9.59 Å². The Bertz CT molecular complexity index is 985. The summed E-state index contributed by atoms with van der Waals surface area (Å²) in [6, 6.07) is 27.2. The number of nitrogens with one attached hydrogen (secondary N) is 1. The molecule has 0 bridgehead atoms. The largest absolute Gasteiger partial charge is 0.348 e. The van der Waals surface area contributed by atoms with E-state index in [-0.39, 0.29) is 11.8 Å². The van der Waals surface area contributed by atoms with Crippen molar-refractivity contribution in [2.45, 2.75) is 25.3 Å². The molecule has 4 nitrogen and oxygen atoms in total. The molecule has 1 fully saturated rings. The van der Waals surface area contributed by atoms with Gasteiger partial charge in [0.2, 0.25) is 0 Å². The molecule has 0 spiro atoms. The molecule has 3 aromatic rings. The van der Waals surface area contributed by atoms with Gasteiger partial charge in [-0.15, -0.1) is 0 Å². The van der Waals surface area contributed by atoms with E-state index in [0.717, 1.165) is 31.5 Å². The van der Waals surface area contributed by atoms with Crippen molar-refractivity contribution in [1.82, 2.24) is 10.2 Å². The Hall–Kier alpha value is -3.40. The molecule has 1 saturated heterocycles. The minimum Gasteiger partial charge on any atom is -0.348 e. The number of rotatable bonds is 5. The van der Waals surface area contributed by atoms with Gasteiger partial charge >= 0.3 is 0 Å². The van der Waals surface area contributed by atoms with Gasteiger partial charge in [0.25, 0.3) is 11.8 Å². The lowest BCUT2D eigenvalue weighted by Gasteiger charge is -2.33. The fourth-order valence-electron chi connectivity index (χ4n) is 3.99. The van der Waals surface area contributed by atoms with E-state index in [1.165, 1.54) is 5.56 Å². The molecule has 30 heavy (non-hydrogen) atoms. The van der Waals surface area contributed by atoms with Crippen LogP contribution in [0.3, 0.4) is 0 Å². The van der Waals surface area contributed by atoms with Crippen molar-refractivity contribution in [2.24, 2.45) is 0 Å². The minimum absolute atomic E-state index is 0.0341. The predicted octanol–water partition coefficient (Wildman–Crippen LogP) is 4.64. The number of likely N-dealkylation sites (tertiary alicyclic amines) is 1. The fourth-order valence-corrected chi connectivity index (χ4v) is 3.99. The summed E-state index contributed by atoms with van der Waals surface area (Å²) >= 11 is 0. The van der Waals surface area contributed by atoms with Crippen LogP contribution in [0.2, 0.25) is 0 Å². The molecule has 4 rings (SSSR count). The number of nitrogens with zero attached hydrogens (tertiary/aromatic N) is 1. The third-order valence-electron chi connectivity index (χ3n) is 5.67. The Morgan fingerprint density at radius 2 is 1.47 bits per heavy atom. The molecule has 0 aromatic heterocycles. The Morgan fingerprint density at radius 1 is 0.833 bits per heavy atom. The Kier molecular flexibility index (Phi) is 6.23. The highest BCUT2D eigenvalue weighted by Crippen LogP contribution is 2.27. The molecule has 0 aliphatic carbocycles. The van der Waals surface area contributed by atoms with Gasteiger partial charge in [-0.1, -0.05) is 60.7 Å². The molecule has 1 unspecified atom stereocenters. The van der Waals surface area contributed by atoms with E-state index in [4.69, 9.17) is 0 Å². The van der Waals surface area contributed by atoms with Crippen molar-refractivity contribution in [3.63, 3.8) is 0 Å². The average Bonchev–Trinajstić information content (AvgIpc) is 2.83. The first kappa shape index (κ1) is 19.9. The summed E-state index contributed by atoms with van der Waals surface area (Å²) in [6.07, 6.45) is 2.11. The molecule has 4 heteroatoms. The zero-order valence-electron chi connectivity index (χ0n) is 17.0. The second-order valence-electron chi connectivity index (χ2n) is 7.75. The SMILES string of the molecule is O=C(NCc1ccccc1)c1ccc(C(=O)N2CCCC(c3ccccc3)C2)cc1. The van der Waals surface area contributed by atoms with Crippen LogP contribution in [-0.2, 0) is 6.54 Å². The van der Waals surface area contributed by atoms with Crippen molar-refractivity contribution in [2.75, 3.05) is 13.1 Å². The molecular weight excluding hydrogens is 372 g/mol. The molecular formula is C26H26N2O2. The topological polar surface area (TPSA) is 49.4 Å². The molecule has 1 heterocycles. The van der Waals surface area contributed by atoms with Crippen LogP contribution in [0, 0.1) is 0 Å². The lowest BCUT2D eigenvalue weighted by molar-refractivity contribution is 0.0706. The smallest absolute Gasteiger partial charge is 0.253 e. The van der Waals surface area contributed by atoms with Crippen LogP contribution in [-0.4, -0.2) is 29.8 Å². The van der Waals surface area contributed by atoms with Gasteiger partial charge in [0, 0.05) is 36.7 Å². The normalized spacial score (nSPS) is 16.1. The van der Waals surface area contributed by atoms with Crippen LogP contribution in [0.25, 0.3) is 0 Å². The number of benzene rings is 3. The summed E-state index contributed by atoms with van der Waals surface area (Å²) in [4.78, 5) is 27.3. The van der Waals surface area contributed by atoms with Gasteiger partial charge in [-0.3, -0.25) is 9.59 Å². The van der Waals surface area contributed by atoms with Crippen molar-refractivity contribution in [3.05, 3.63) is 107 Å². The van der Waals surface area contributed by atoms with E-state index in [1.54, 1.807) is 24.3 Å². The van der Waals surface area contributed by atoms with Crippen molar-refractivity contribution < 1.29 is 9.59 Å². The molecule has 0 saturated carbocycles. The quantitative estimate of drug-likeness (QED) is 0.681. The first-order valence-electron chi connectivity index (χ1n) is 10.5. The number of piperidine rings is 1. The predicted molar refractivity (Wildman–Crippen MR) is 118 cm³/mol. The van der Waals surface area contributed by atoms with Gasteiger partial charge in [-0.05, 0) is 48.2 Å². The Morgan fingerprint density at radius 3 is 2.17 bits per heavy atom. The second-order valence-corrected chi connectivity index (χ2v) is 7.75. The van der Waals surface area contributed by atoms with E-state index < -0.39 is 0 Å². The fraction of sp³-hybridized carbons (Fsp3) is 0.231. The van der Waals surface area contributed by atoms with Crippen LogP contribution in [0.15, 0.2) is 84.9 Å². The van der Waals surface area contributed by atoms with E-state index in [1.807, 2.05) is 41.3 Å². The molecule has 2 amide bonds. The highest BCUT2D eigenvalue weighted by molar-refractivity contribution is 5.97. The number of hydrogen-bond acceptors (Lipinski definition) is 2. The number of amides is 2. The summed E-state index contributed by atoms with van der Waals surface area (Å²) in [7, 11) is 0. The lowest BCUT2D eigenvalue weighted by Crippen LogP contribution is -2.39. The van der Waals surface area contributed by atoms with Crippen LogP contribution in [0.4, 0.5) is 0 Å². The number of hydrogen-bond donors (Lipinski definition) is 1. The van der Waals surface area contributed by atoms with Gasteiger partial charge < -0.3 is 10.2 Å². The maximum atomic E-state index is 13.0. The van der Waals surface area contributed by atoms with Crippen LogP contribution < -0.4 is 5.32 Å². The maximum absolute atomic E-state index is 13.0. The van der Waals surface area contributed by atoms with E-state index >= 15 is 0 Å². The van der Waals surface area contributed by atoms with Crippen LogP contribution in [0.5, 0.6) is 0 Å². The van der Waals surface area contributed by atoms with Crippen LogP contribution >= 0.6 is 0 Å². The molecule has 0 radical (unpaired) electrons. The first-order chi connectivity index (χ1) is 14.7. The van der Waals surface area contributed by atoms with Crippen LogP contribution in [0.1, 0.15) is 50.6 Å². The third-order valence-corrected chi connectivity index (χ3v) is 5.67. The maximum Gasteiger partial charge on any atom is 0.253 e. The third kappa shape index (κ3) is 4.77. The summed E-state index contributed by atoms with van der Waals surface area (Å²) in [5.74, 6) is 0.277. The van der Waals surface area contributed by atoms with Gasteiger partial charge in [-0.2, -0.15) is 0 Å². The molecule has 3 aromatic carbocycles. The van der Waals surface area contributed by atoms with E-state index in [2.05, 4.69) is 29.6 Å². The molecule has 1 atom stereocenters. The summed E-state index contributed by atoms with van der Waals surface area (Å²) in [5.41, 5.74) is 3.53. The second kappa shape index (κ2) is 9.40. The van der Waals surface area contributed by atoms with Gasteiger partial charge in [0.05, 0.1) is 0 Å². The van der Waals surface area contributed by atoms with Crippen molar-refractivity contribution >= 4 is 11.8 Å². The number of carbonyl (C=O) groups excluding carboxylic acids is 2. The Labute approximate surface area is 177 Å². The zero-order valence-corrected chi connectivity index (χ0v) is 17.0. The van der Waals surface area contributed by atoms with Gasteiger partial charge in [0.15, 0.2) is 0 Å². The summed E-state index contributed by atoms with van der Waals surface area (Å²) in [5, 5.41) is 2.92. The summed E-state index contributed by atoms with van der Waals surface area (Å²) in [6.45, 7) is 2.00. The highest BCUT2D eigenvalue weighted by atomic mass is 16.2. The Balaban J connectivity index is 1.37.